The summed E-state index contributed by atoms with van der Waals surface area (Å²) in [7, 11) is 0. The first kappa shape index (κ1) is 15.8. The standard InChI is InChI=1S/C13H19F3N2O/c1-4-7-17-9(2)11-6-5-8-18-12(11)19-10(3)13(14,15)16/h5-6,8-10,17H,4,7H2,1-3H3. The SMILES string of the molecule is CCCNC(C)c1cccnc1OC(C)C(F)(F)F. The maximum atomic E-state index is 12.5. The predicted molar refractivity (Wildman–Crippen MR) is 67.1 cm³/mol. The summed E-state index contributed by atoms with van der Waals surface area (Å²) < 4.78 is 42.4. The van der Waals surface area contributed by atoms with Crippen LogP contribution in [0.5, 0.6) is 5.88 Å². The van der Waals surface area contributed by atoms with Gasteiger partial charge in [-0.15, -0.1) is 0 Å². The molecule has 0 amide bonds. The molecule has 0 aliphatic carbocycles. The Morgan fingerprint density at radius 1 is 1.37 bits per heavy atom. The van der Waals surface area contributed by atoms with Gasteiger partial charge in [-0.1, -0.05) is 13.0 Å². The van der Waals surface area contributed by atoms with Crippen molar-refractivity contribution in [1.82, 2.24) is 10.3 Å². The lowest BCUT2D eigenvalue weighted by Crippen LogP contribution is -2.32. The van der Waals surface area contributed by atoms with Gasteiger partial charge in [0.05, 0.1) is 0 Å². The van der Waals surface area contributed by atoms with Crippen LogP contribution in [0.3, 0.4) is 0 Å². The van der Waals surface area contributed by atoms with Gasteiger partial charge in [0.1, 0.15) is 0 Å². The molecule has 1 N–H and O–H groups in total. The third-order valence-electron chi connectivity index (χ3n) is 2.72. The molecular weight excluding hydrogens is 257 g/mol. The number of nitrogens with zero attached hydrogens (tertiary/aromatic N) is 1. The van der Waals surface area contributed by atoms with Gasteiger partial charge in [-0.3, -0.25) is 0 Å². The summed E-state index contributed by atoms with van der Waals surface area (Å²) in [5, 5.41) is 3.20. The molecular formula is C13H19F3N2O. The molecule has 108 valence electrons. The Labute approximate surface area is 111 Å². The highest BCUT2D eigenvalue weighted by molar-refractivity contribution is 5.28. The Hall–Kier alpha value is -1.30. The van der Waals surface area contributed by atoms with Gasteiger partial charge in [-0.25, -0.2) is 4.98 Å². The van der Waals surface area contributed by atoms with E-state index in [9.17, 15) is 13.2 Å². The predicted octanol–water partition coefficient (Wildman–Crippen LogP) is 3.47. The Bertz CT molecular complexity index is 396. The minimum absolute atomic E-state index is 0.0310. The van der Waals surface area contributed by atoms with Gasteiger partial charge in [0.15, 0.2) is 6.10 Å². The highest BCUT2D eigenvalue weighted by Gasteiger charge is 2.38. The Kier molecular flexibility index (Phi) is 5.60. The van der Waals surface area contributed by atoms with Crippen molar-refractivity contribution in [2.45, 2.75) is 45.5 Å². The molecule has 2 unspecified atom stereocenters. The van der Waals surface area contributed by atoms with Crippen LogP contribution in [0.1, 0.15) is 38.8 Å². The Morgan fingerprint density at radius 3 is 2.63 bits per heavy atom. The number of alkyl halides is 3. The smallest absolute Gasteiger partial charge is 0.425 e. The largest absolute Gasteiger partial charge is 0.465 e. The summed E-state index contributed by atoms with van der Waals surface area (Å²) in [6, 6.07) is 3.30. The van der Waals surface area contributed by atoms with E-state index in [2.05, 4.69) is 10.3 Å². The van der Waals surface area contributed by atoms with Gasteiger partial charge in [0, 0.05) is 17.8 Å². The van der Waals surface area contributed by atoms with E-state index in [1.807, 2.05) is 13.8 Å². The van der Waals surface area contributed by atoms with E-state index in [4.69, 9.17) is 4.74 Å². The topological polar surface area (TPSA) is 34.2 Å². The number of aromatic nitrogens is 1. The van der Waals surface area contributed by atoms with Crippen molar-refractivity contribution >= 4 is 0 Å². The molecule has 0 saturated heterocycles. The summed E-state index contributed by atoms with van der Waals surface area (Å²) >= 11 is 0. The maximum absolute atomic E-state index is 12.5. The molecule has 3 nitrogen and oxygen atoms in total. The Balaban J connectivity index is 2.84. The van der Waals surface area contributed by atoms with Crippen LogP contribution in [-0.2, 0) is 0 Å². The minimum Gasteiger partial charge on any atom is -0.465 e. The molecule has 1 aromatic rings. The average molecular weight is 276 g/mol. The molecule has 1 rings (SSSR count). The molecule has 19 heavy (non-hydrogen) atoms. The molecule has 2 atom stereocenters. The number of hydrogen-bond acceptors (Lipinski definition) is 3. The van der Waals surface area contributed by atoms with E-state index in [-0.39, 0.29) is 11.9 Å². The maximum Gasteiger partial charge on any atom is 0.425 e. The lowest BCUT2D eigenvalue weighted by atomic mass is 10.1. The monoisotopic (exact) mass is 276 g/mol. The van der Waals surface area contributed by atoms with E-state index in [0.29, 0.717) is 5.56 Å². The van der Waals surface area contributed by atoms with Crippen molar-refractivity contribution in [2.24, 2.45) is 0 Å². The van der Waals surface area contributed by atoms with Crippen LogP contribution in [0, 0.1) is 0 Å². The van der Waals surface area contributed by atoms with Gasteiger partial charge in [0.25, 0.3) is 0 Å². The van der Waals surface area contributed by atoms with Crippen LogP contribution >= 0.6 is 0 Å². The first-order valence-electron chi connectivity index (χ1n) is 6.28. The van der Waals surface area contributed by atoms with E-state index in [0.717, 1.165) is 19.9 Å². The fourth-order valence-electron chi connectivity index (χ4n) is 1.54. The van der Waals surface area contributed by atoms with Crippen molar-refractivity contribution in [1.29, 1.82) is 0 Å². The highest BCUT2D eigenvalue weighted by atomic mass is 19.4. The second-order valence-electron chi connectivity index (χ2n) is 4.38. The average Bonchev–Trinajstić information content (AvgIpc) is 2.35. The van der Waals surface area contributed by atoms with Crippen molar-refractivity contribution < 1.29 is 17.9 Å². The van der Waals surface area contributed by atoms with E-state index < -0.39 is 12.3 Å². The van der Waals surface area contributed by atoms with Gasteiger partial charge < -0.3 is 10.1 Å². The summed E-state index contributed by atoms with van der Waals surface area (Å²) in [5.41, 5.74) is 0.632. The van der Waals surface area contributed by atoms with Gasteiger partial charge in [0.2, 0.25) is 5.88 Å². The number of rotatable bonds is 6. The molecule has 6 heteroatoms. The number of pyridine rings is 1. The van der Waals surface area contributed by atoms with E-state index in [1.165, 1.54) is 6.20 Å². The zero-order valence-electron chi connectivity index (χ0n) is 11.3. The molecule has 0 fully saturated rings. The van der Waals surface area contributed by atoms with Crippen LogP contribution in [0.15, 0.2) is 18.3 Å². The molecule has 1 aromatic heterocycles. The minimum atomic E-state index is -4.39. The zero-order chi connectivity index (χ0) is 14.5. The fourth-order valence-corrected chi connectivity index (χ4v) is 1.54. The lowest BCUT2D eigenvalue weighted by Gasteiger charge is -2.21. The molecule has 0 spiro atoms. The molecule has 1 heterocycles. The molecule has 0 bridgehead atoms. The van der Waals surface area contributed by atoms with E-state index in [1.54, 1.807) is 12.1 Å². The first-order valence-corrected chi connectivity index (χ1v) is 6.28. The van der Waals surface area contributed by atoms with Crippen LogP contribution in [0.25, 0.3) is 0 Å². The Morgan fingerprint density at radius 2 is 2.05 bits per heavy atom. The third-order valence-corrected chi connectivity index (χ3v) is 2.72. The summed E-state index contributed by atoms with van der Waals surface area (Å²) in [6.45, 7) is 5.65. The second-order valence-corrected chi connectivity index (χ2v) is 4.38. The summed E-state index contributed by atoms with van der Waals surface area (Å²) in [5.74, 6) is 0.0310. The quantitative estimate of drug-likeness (QED) is 0.863. The van der Waals surface area contributed by atoms with Crippen molar-refractivity contribution in [2.75, 3.05) is 6.54 Å². The van der Waals surface area contributed by atoms with E-state index >= 15 is 0 Å². The van der Waals surface area contributed by atoms with Crippen molar-refractivity contribution in [3.63, 3.8) is 0 Å². The zero-order valence-corrected chi connectivity index (χ0v) is 11.3. The first-order chi connectivity index (χ1) is 8.86. The number of hydrogen-bond donors (Lipinski definition) is 1. The van der Waals surface area contributed by atoms with Crippen molar-refractivity contribution in [3.05, 3.63) is 23.9 Å². The van der Waals surface area contributed by atoms with Crippen molar-refractivity contribution in [3.8, 4) is 5.88 Å². The molecule has 0 radical (unpaired) electrons. The molecule has 0 aliphatic heterocycles. The molecule has 0 aliphatic rings. The molecule has 0 saturated carbocycles. The summed E-state index contributed by atoms with van der Waals surface area (Å²) in [4.78, 5) is 3.90. The van der Waals surface area contributed by atoms with Crippen LogP contribution in [-0.4, -0.2) is 23.8 Å². The van der Waals surface area contributed by atoms with Crippen LogP contribution in [0.2, 0.25) is 0 Å². The van der Waals surface area contributed by atoms with Gasteiger partial charge >= 0.3 is 6.18 Å². The highest BCUT2D eigenvalue weighted by Crippen LogP contribution is 2.28. The summed E-state index contributed by atoms with van der Waals surface area (Å²) in [6.07, 6.45) is -3.90. The number of nitrogens with one attached hydrogen (secondary N) is 1. The number of halogens is 3. The number of ether oxygens (including phenoxy) is 1. The third kappa shape index (κ3) is 4.70. The fraction of sp³-hybridized carbons (Fsp3) is 0.615. The van der Waals surface area contributed by atoms with Crippen LogP contribution in [0.4, 0.5) is 13.2 Å². The van der Waals surface area contributed by atoms with Crippen LogP contribution < -0.4 is 10.1 Å². The second kappa shape index (κ2) is 6.75. The molecule has 0 aromatic carbocycles. The van der Waals surface area contributed by atoms with Gasteiger partial charge in [-0.05, 0) is 32.9 Å². The van der Waals surface area contributed by atoms with Gasteiger partial charge in [-0.2, -0.15) is 13.2 Å². The lowest BCUT2D eigenvalue weighted by molar-refractivity contribution is -0.190. The normalized spacial score (nSPS) is 15.1.